The number of esters is 3. The standard InChI is InChI=1S/C99H166O16P2/c1-4-7-10-13-16-19-22-25-28-31-34-37-40-42-44-45-46-47-49-51-53-55-58-61-64-67-70-73-76-79-82-85-97(102)109-88-94(100)89-111-116(105,106)112-90-95(101)91-113-117(107,108)114-93-96(115-99(104)87-84-81-78-75-72-69-66-63-60-57-52-39-36-33-30-27-24-21-18-15-12-9-6-3)92-110-98(103)86-83-80-77-74-71-68-65-62-59-56-54-50-48-43-41-38-35-32-29-26-23-20-17-14-11-8-5-2/h7-8,10-11,16-21,25-30,34-39,42-44,46-48,57,60,94-96,100-101H,4-6,9,12-15,22-24,31-33,40-41,45,49-56,58-59,61-93H2,1-3H3,(H,105,106)(H,107,108)/b10-7-,11-8-,19-16-,20-17-,21-18-,28-25-,29-26-,30-27-,37-34-,38-35-,39-36-,44-42-,47-46-,48-43-,60-57-. The van der Waals surface area contributed by atoms with Crippen LogP contribution in [0.3, 0.4) is 0 Å². The highest BCUT2D eigenvalue weighted by molar-refractivity contribution is 7.47. The molecule has 0 aromatic carbocycles. The van der Waals surface area contributed by atoms with E-state index in [0.29, 0.717) is 19.3 Å². The van der Waals surface area contributed by atoms with E-state index in [1.165, 1.54) is 116 Å². The van der Waals surface area contributed by atoms with Crippen molar-refractivity contribution in [2.45, 2.75) is 386 Å². The van der Waals surface area contributed by atoms with Crippen molar-refractivity contribution < 1.29 is 75.8 Å². The van der Waals surface area contributed by atoms with Crippen molar-refractivity contribution in [1.29, 1.82) is 0 Å². The molecule has 0 spiro atoms. The molecule has 0 aliphatic heterocycles. The van der Waals surface area contributed by atoms with E-state index >= 15 is 0 Å². The fraction of sp³-hybridized carbons (Fsp3) is 0.667. The maximum absolute atomic E-state index is 13.1. The van der Waals surface area contributed by atoms with Gasteiger partial charge >= 0.3 is 33.6 Å². The average molecular weight is 1670 g/mol. The predicted octanol–water partition coefficient (Wildman–Crippen LogP) is 28.4. The fourth-order valence-corrected chi connectivity index (χ4v) is 13.8. The number of phosphoric ester groups is 2. The van der Waals surface area contributed by atoms with Crippen LogP contribution in [0.15, 0.2) is 182 Å². The van der Waals surface area contributed by atoms with Crippen molar-refractivity contribution in [3.05, 3.63) is 182 Å². The lowest BCUT2D eigenvalue weighted by Gasteiger charge is -2.21. The van der Waals surface area contributed by atoms with E-state index in [0.717, 1.165) is 193 Å². The van der Waals surface area contributed by atoms with E-state index in [9.17, 15) is 43.5 Å². The summed E-state index contributed by atoms with van der Waals surface area (Å²) < 4.78 is 61.5. The first-order valence-corrected chi connectivity index (χ1v) is 49.1. The molecule has 5 unspecified atom stereocenters. The first kappa shape index (κ1) is 112. The normalized spacial score (nSPS) is 14.6. The summed E-state index contributed by atoms with van der Waals surface area (Å²) in [6, 6.07) is 0. The van der Waals surface area contributed by atoms with Crippen LogP contribution in [0.1, 0.15) is 367 Å². The Kier molecular flexibility index (Phi) is 85.8. The van der Waals surface area contributed by atoms with Crippen LogP contribution < -0.4 is 0 Å². The number of carbonyl (C=O) groups is 3. The zero-order chi connectivity index (χ0) is 85.1. The molecule has 0 saturated heterocycles. The molecule has 668 valence electrons. The van der Waals surface area contributed by atoms with E-state index in [4.69, 9.17) is 32.3 Å². The number of aliphatic hydroxyl groups is 2. The van der Waals surface area contributed by atoms with Crippen LogP contribution in [0.5, 0.6) is 0 Å². The smallest absolute Gasteiger partial charge is 0.463 e. The fourth-order valence-electron chi connectivity index (χ4n) is 12.2. The second kappa shape index (κ2) is 89.9. The van der Waals surface area contributed by atoms with Crippen molar-refractivity contribution in [1.82, 2.24) is 0 Å². The number of allylic oxidation sites excluding steroid dienone is 30. The van der Waals surface area contributed by atoms with Crippen LogP contribution in [0, 0.1) is 0 Å². The summed E-state index contributed by atoms with van der Waals surface area (Å²) in [6.45, 7) is 2.44. The maximum atomic E-state index is 13.1. The minimum absolute atomic E-state index is 0.0868. The first-order chi connectivity index (χ1) is 57.2. The molecule has 0 aromatic rings. The third-order valence-electron chi connectivity index (χ3n) is 19.1. The van der Waals surface area contributed by atoms with Gasteiger partial charge in [0.2, 0.25) is 0 Å². The van der Waals surface area contributed by atoms with E-state index in [1.54, 1.807) is 0 Å². The van der Waals surface area contributed by atoms with Crippen molar-refractivity contribution in [3.63, 3.8) is 0 Å². The van der Waals surface area contributed by atoms with Gasteiger partial charge in [-0.1, -0.05) is 370 Å². The summed E-state index contributed by atoms with van der Waals surface area (Å²) in [5.41, 5.74) is 0. The summed E-state index contributed by atoms with van der Waals surface area (Å²) in [5, 5.41) is 20.7. The Hall–Kier alpha value is -5.35. The Morgan fingerprint density at radius 1 is 0.248 bits per heavy atom. The van der Waals surface area contributed by atoms with Crippen molar-refractivity contribution in [2.75, 3.05) is 39.6 Å². The average Bonchev–Trinajstić information content (AvgIpc) is 0.901. The Morgan fingerprint density at radius 3 is 0.718 bits per heavy atom. The van der Waals surface area contributed by atoms with E-state index in [-0.39, 0.29) is 19.3 Å². The molecule has 0 heterocycles. The second-order valence-electron chi connectivity index (χ2n) is 30.3. The lowest BCUT2D eigenvalue weighted by atomic mass is 10.0. The summed E-state index contributed by atoms with van der Waals surface area (Å²) in [7, 11) is -9.82. The molecule has 18 heteroatoms. The minimum atomic E-state index is -4.95. The van der Waals surface area contributed by atoms with Gasteiger partial charge in [0.25, 0.3) is 0 Å². The number of unbranched alkanes of at least 4 members (excludes halogenated alkanes) is 33. The van der Waals surface area contributed by atoms with E-state index < -0.39 is 91.5 Å². The van der Waals surface area contributed by atoms with Gasteiger partial charge in [-0.3, -0.25) is 32.5 Å². The Labute approximate surface area is 713 Å². The van der Waals surface area contributed by atoms with Gasteiger partial charge in [-0.2, -0.15) is 0 Å². The van der Waals surface area contributed by atoms with Crippen molar-refractivity contribution in [3.8, 4) is 0 Å². The first-order valence-electron chi connectivity index (χ1n) is 46.1. The van der Waals surface area contributed by atoms with Gasteiger partial charge in [-0.15, -0.1) is 0 Å². The SMILES string of the molecule is CC/C=C\C/C=C\C/C=C\C/C=C\C/C=C\C/C=C\CCCCCCCCCCCCCCC(=O)OCC(O)COP(=O)(O)OCC(O)COP(=O)(O)OCC(COC(=O)CCCCCCCCCCCCC/C=C\C/C=C\C/C=C\C/C=C\C/C=C\CC)OC(=O)CCCCCCCCC/C=C\C/C=C\C/C=C\C/C=C\CCCCC. The van der Waals surface area contributed by atoms with Gasteiger partial charge in [-0.05, 0) is 161 Å². The highest BCUT2D eigenvalue weighted by atomic mass is 31.2. The maximum Gasteiger partial charge on any atom is 0.472 e. The van der Waals surface area contributed by atoms with E-state index in [2.05, 4.69) is 203 Å². The zero-order valence-electron chi connectivity index (χ0n) is 73.6. The van der Waals surface area contributed by atoms with Gasteiger partial charge in [-0.25, -0.2) is 9.13 Å². The largest absolute Gasteiger partial charge is 0.472 e. The number of rotatable bonds is 86. The Balaban J connectivity index is 4.64. The lowest BCUT2D eigenvalue weighted by molar-refractivity contribution is -0.161. The molecule has 5 atom stereocenters. The summed E-state index contributed by atoms with van der Waals surface area (Å²) >= 11 is 0. The van der Waals surface area contributed by atoms with Crippen LogP contribution in [0.25, 0.3) is 0 Å². The highest BCUT2D eigenvalue weighted by Gasteiger charge is 2.29. The zero-order valence-corrected chi connectivity index (χ0v) is 75.4. The van der Waals surface area contributed by atoms with E-state index in [1.807, 2.05) is 0 Å². The number of carbonyl (C=O) groups excluding carboxylic acids is 3. The monoisotopic (exact) mass is 1670 g/mol. The molecular weight excluding hydrogens is 1510 g/mol. The van der Waals surface area contributed by atoms with Gasteiger partial charge < -0.3 is 34.2 Å². The quantitative estimate of drug-likeness (QED) is 0.0146. The van der Waals surface area contributed by atoms with Crippen LogP contribution in [0.4, 0.5) is 0 Å². The lowest BCUT2D eigenvalue weighted by Crippen LogP contribution is -2.30. The van der Waals surface area contributed by atoms with Crippen LogP contribution in [0.2, 0.25) is 0 Å². The van der Waals surface area contributed by atoms with Gasteiger partial charge in [0.15, 0.2) is 6.10 Å². The second-order valence-corrected chi connectivity index (χ2v) is 33.2. The molecule has 4 N–H and O–H groups in total. The molecule has 0 aliphatic carbocycles. The van der Waals surface area contributed by atoms with Crippen molar-refractivity contribution in [2.24, 2.45) is 0 Å². The molecule has 0 amide bonds. The molecule has 0 bridgehead atoms. The summed E-state index contributed by atoms with van der Waals surface area (Å²) in [4.78, 5) is 59.0. The van der Waals surface area contributed by atoms with Crippen molar-refractivity contribution >= 4 is 33.6 Å². The molecule has 0 fully saturated rings. The van der Waals surface area contributed by atoms with Gasteiger partial charge in [0.05, 0.1) is 26.4 Å². The molecule has 117 heavy (non-hydrogen) atoms. The number of hydrogen-bond donors (Lipinski definition) is 4. The molecule has 0 saturated carbocycles. The Bertz CT molecular complexity index is 2860. The molecule has 0 radical (unpaired) electrons. The predicted molar refractivity (Wildman–Crippen MR) is 491 cm³/mol. The van der Waals surface area contributed by atoms with Crippen LogP contribution >= 0.6 is 15.6 Å². The van der Waals surface area contributed by atoms with Crippen LogP contribution in [-0.2, 0) is 55.8 Å². The molecule has 0 rings (SSSR count). The number of hydrogen-bond acceptors (Lipinski definition) is 14. The summed E-state index contributed by atoms with van der Waals surface area (Å²) in [6.07, 6.45) is 118. The molecule has 0 aliphatic rings. The summed E-state index contributed by atoms with van der Waals surface area (Å²) in [5.74, 6) is -1.59. The molecular formula is C99H166O16P2. The topological polar surface area (TPSA) is 231 Å². The van der Waals surface area contributed by atoms with Gasteiger partial charge in [0.1, 0.15) is 25.4 Å². The third kappa shape index (κ3) is 91.2. The number of aliphatic hydroxyl groups excluding tert-OH is 2. The number of ether oxygens (including phenoxy) is 3. The third-order valence-corrected chi connectivity index (χ3v) is 21.0. The van der Waals surface area contributed by atoms with Gasteiger partial charge in [0, 0.05) is 19.3 Å². The highest BCUT2D eigenvalue weighted by Crippen LogP contribution is 2.45. The Morgan fingerprint density at radius 2 is 0.453 bits per heavy atom. The number of phosphoric acid groups is 2. The minimum Gasteiger partial charge on any atom is -0.463 e. The molecule has 16 nitrogen and oxygen atoms in total. The molecule has 0 aromatic heterocycles. The van der Waals surface area contributed by atoms with Crippen LogP contribution in [-0.4, -0.2) is 95.9 Å².